The van der Waals surface area contributed by atoms with E-state index in [2.05, 4.69) is 10.6 Å². The molecule has 2 N–H and O–H groups in total. The van der Waals surface area contributed by atoms with E-state index in [1.807, 2.05) is 6.07 Å². The van der Waals surface area contributed by atoms with Crippen LogP contribution >= 0.6 is 0 Å². The molecule has 0 aromatic heterocycles. The fraction of sp³-hybridized carbons (Fsp3) is 0.357. The molecule has 2 amide bonds. The number of amides is 2. The summed E-state index contributed by atoms with van der Waals surface area (Å²) in [6.45, 7) is 0.503. The van der Waals surface area contributed by atoms with E-state index in [0.29, 0.717) is 24.3 Å². The fourth-order valence-corrected chi connectivity index (χ4v) is 1.92. The molecule has 0 spiro atoms. The van der Waals surface area contributed by atoms with Gasteiger partial charge < -0.3 is 15.4 Å². The van der Waals surface area contributed by atoms with E-state index in [-0.39, 0.29) is 18.4 Å². The van der Waals surface area contributed by atoms with E-state index in [1.165, 1.54) is 0 Å². The summed E-state index contributed by atoms with van der Waals surface area (Å²) in [6, 6.07) is 8.00. The number of ether oxygens (including phenoxy) is 1. The van der Waals surface area contributed by atoms with E-state index in [4.69, 9.17) is 10.00 Å². The molecule has 1 unspecified atom stereocenters. The number of nitrogens with zero attached hydrogens (tertiary/aromatic N) is 1. The molecular weight excluding hydrogens is 258 g/mol. The summed E-state index contributed by atoms with van der Waals surface area (Å²) >= 11 is 0. The van der Waals surface area contributed by atoms with Crippen molar-refractivity contribution in [1.82, 2.24) is 10.6 Å². The van der Waals surface area contributed by atoms with Crippen LogP contribution in [0.15, 0.2) is 24.3 Å². The average molecular weight is 273 g/mol. The SMILES string of the molecule is N#Cc1ccc(OCC(=O)NC2CCCNC2=O)cc1. The highest BCUT2D eigenvalue weighted by Crippen LogP contribution is 2.11. The van der Waals surface area contributed by atoms with Crippen molar-refractivity contribution >= 4 is 11.8 Å². The van der Waals surface area contributed by atoms with Crippen LogP contribution < -0.4 is 15.4 Å². The zero-order valence-electron chi connectivity index (χ0n) is 10.9. The molecule has 0 aliphatic carbocycles. The quantitative estimate of drug-likeness (QED) is 0.827. The van der Waals surface area contributed by atoms with Crippen molar-refractivity contribution in [1.29, 1.82) is 5.26 Å². The molecule has 1 heterocycles. The molecule has 1 aromatic carbocycles. The lowest BCUT2D eigenvalue weighted by Gasteiger charge is -2.22. The average Bonchev–Trinajstić information content (AvgIpc) is 2.48. The maximum atomic E-state index is 11.7. The van der Waals surface area contributed by atoms with E-state index in [1.54, 1.807) is 24.3 Å². The molecule has 20 heavy (non-hydrogen) atoms. The number of rotatable bonds is 4. The third-order valence-electron chi connectivity index (χ3n) is 2.97. The van der Waals surface area contributed by atoms with Crippen molar-refractivity contribution in [3.05, 3.63) is 29.8 Å². The Labute approximate surface area is 116 Å². The summed E-state index contributed by atoms with van der Waals surface area (Å²) in [5.74, 6) is 0.0200. The smallest absolute Gasteiger partial charge is 0.258 e. The molecule has 1 saturated heterocycles. The van der Waals surface area contributed by atoms with Crippen molar-refractivity contribution in [3.8, 4) is 11.8 Å². The van der Waals surface area contributed by atoms with Crippen molar-refractivity contribution < 1.29 is 14.3 Å². The van der Waals surface area contributed by atoms with Crippen LogP contribution in [0.2, 0.25) is 0 Å². The first-order chi connectivity index (χ1) is 9.69. The molecule has 0 radical (unpaired) electrons. The van der Waals surface area contributed by atoms with Gasteiger partial charge in [-0.25, -0.2) is 0 Å². The third kappa shape index (κ3) is 3.72. The summed E-state index contributed by atoms with van der Waals surface area (Å²) < 4.78 is 5.29. The Balaban J connectivity index is 1.79. The lowest BCUT2D eigenvalue weighted by molar-refractivity contribution is -0.131. The summed E-state index contributed by atoms with van der Waals surface area (Å²) in [4.78, 5) is 23.2. The first-order valence-electron chi connectivity index (χ1n) is 6.39. The van der Waals surface area contributed by atoms with Gasteiger partial charge in [0.05, 0.1) is 11.6 Å². The molecule has 1 fully saturated rings. The Kier molecular flexibility index (Phi) is 4.56. The Morgan fingerprint density at radius 2 is 2.20 bits per heavy atom. The number of hydrogen-bond donors (Lipinski definition) is 2. The molecule has 0 bridgehead atoms. The van der Waals surface area contributed by atoms with E-state index < -0.39 is 6.04 Å². The second-order valence-corrected chi connectivity index (χ2v) is 4.48. The van der Waals surface area contributed by atoms with Gasteiger partial charge >= 0.3 is 0 Å². The van der Waals surface area contributed by atoms with Crippen molar-refractivity contribution in [2.24, 2.45) is 0 Å². The minimum Gasteiger partial charge on any atom is -0.484 e. The van der Waals surface area contributed by atoms with Crippen LogP contribution in [0.3, 0.4) is 0 Å². The van der Waals surface area contributed by atoms with Crippen LogP contribution in [0.1, 0.15) is 18.4 Å². The first-order valence-corrected chi connectivity index (χ1v) is 6.39. The number of nitrogens with one attached hydrogen (secondary N) is 2. The number of benzene rings is 1. The third-order valence-corrected chi connectivity index (χ3v) is 2.97. The highest BCUT2D eigenvalue weighted by atomic mass is 16.5. The number of piperidine rings is 1. The van der Waals surface area contributed by atoms with E-state index in [9.17, 15) is 9.59 Å². The van der Waals surface area contributed by atoms with Gasteiger partial charge in [-0.3, -0.25) is 9.59 Å². The van der Waals surface area contributed by atoms with Crippen LogP contribution in [-0.4, -0.2) is 31.0 Å². The van der Waals surface area contributed by atoms with Gasteiger partial charge in [0.2, 0.25) is 5.91 Å². The Morgan fingerprint density at radius 1 is 1.45 bits per heavy atom. The molecule has 1 aromatic rings. The standard InChI is InChI=1S/C14H15N3O3/c15-8-10-3-5-11(6-4-10)20-9-13(18)17-12-2-1-7-16-14(12)19/h3-6,12H,1-2,7,9H2,(H,16,19)(H,17,18). The van der Waals surface area contributed by atoms with Gasteiger partial charge in [0, 0.05) is 6.54 Å². The Morgan fingerprint density at radius 3 is 2.85 bits per heavy atom. The Hall–Kier alpha value is -2.55. The van der Waals surface area contributed by atoms with Gasteiger partial charge in [-0.15, -0.1) is 0 Å². The van der Waals surface area contributed by atoms with Crippen LogP contribution in [0, 0.1) is 11.3 Å². The molecule has 1 atom stereocenters. The normalized spacial score (nSPS) is 17.8. The van der Waals surface area contributed by atoms with Gasteiger partial charge in [-0.1, -0.05) is 0 Å². The predicted octanol–water partition coefficient (Wildman–Crippen LogP) is 0.332. The topological polar surface area (TPSA) is 91.2 Å². The summed E-state index contributed by atoms with van der Waals surface area (Å²) in [7, 11) is 0. The second kappa shape index (κ2) is 6.57. The predicted molar refractivity (Wildman–Crippen MR) is 70.8 cm³/mol. The number of carbonyl (C=O) groups excluding carboxylic acids is 2. The van der Waals surface area contributed by atoms with E-state index in [0.717, 1.165) is 6.42 Å². The largest absolute Gasteiger partial charge is 0.484 e. The van der Waals surface area contributed by atoms with Crippen LogP contribution in [0.5, 0.6) is 5.75 Å². The second-order valence-electron chi connectivity index (χ2n) is 4.48. The van der Waals surface area contributed by atoms with Crippen LogP contribution in [-0.2, 0) is 9.59 Å². The minimum atomic E-state index is -0.471. The molecule has 0 saturated carbocycles. The summed E-state index contributed by atoms with van der Waals surface area (Å²) in [5.41, 5.74) is 0.528. The fourth-order valence-electron chi connectivity index (χ4n) is 1.92. The summed E-state index contributed by atoms with van der Waals surface area (Å²) in [5, 5.41) is 14.0. The zero-order chi connectivity index (χ0) is 14.4. The van der Waals surface area contributed by atoms with Crippen LogP contribution in [0.4, 0.5) is 0 Å². The van der Waals surface area contributed by atoms with E-state index >= 15 is 0 Å². The van der Waals surface area contributed by atoms with Gasteiger partial charge in [-0.2, -0.15) is 5.26 Å². The zero-order valence-corrected chi connectivity index (χ0v) is 10.9. The molecule has 1 aliphatic rings. The summed E-state index contributed by atoms with van der Waals surface area (Å²) in [6.07, 6.45) is 1.50. The van der Waals surface area contributed by atoms with Gasteiger partial charge in [0.25, 0.3) is 5.91 Å². The molecular formula is C14H15N3O3. The highest BCUT2D eigenvalue weighted by molar-refractivity contribution is 5.88. The van der Waals surface area contributed by atoms with Gasteiger partial charge in [0.15, 0.2) is 6.61 Å². The van der Waals surface area contributed by atoms with Crippen molar-refractivity contribution in [3.63, 3.8) is 0 Å². The van der Waals surface area contributed by atoms with Crippen LogP contribution in [0.25, 0.3) is 0 Å². The molecule has 6 nitrogen and oxygen atoms in total. The number of hydrogen-bond acceptors (Lipinski definition) is 4. The van der Waals surface area contributed by atoms with Crippen molar-refractivity contribution in [2.75, 3.05) is 13.2 Å². The molecule has 1 aliphatic heterocycles. The van der Waals surface area contributed by atoms with Crippen molar-refractivity contribution in [2.45, 2.75) is 18.9 Å². The first kappa shape index (κ1) is 13.9. The Bertz CT molecular complexity index is 534. The lowest BCUT2D eigenvalue weighted by atomic mass is 10.1. The maximum Gasteiger partial charge on any atom is 0.258 e. The number of nitriles is 1. The van der Waals surface area contributed by atoms with Gasteiger partial charge in [0.1, 0.15) is 11.8 Å². The minimum absolute atomic E-state index is 0.150. The molecule has 2 rings (SSSR count). The van der Waals surface area contributed by atoms with Gasteiger partial charge in [-0.05, 0) is 37.1 Å². The maximum absolute atomic E-state index is 11.7. The number of carbonyl (C=O) groups is 2. The highest BCUT2D eigenvalue weighted by Gasteiger charge is 2.23. The monoisotopic (exact) mass is 273 g/mol. The molecule has 6 heteroatoms. The lowest BCUT2D eigenvalue weighted by Crippen LogP contribution is -2.51. The molecule has 104 valence electrons.